The first-order chi connectivity index (χ1) is 15.9. The van der Waals surface area contributed by atoms with Gasteiger partial charge in [-0.15, -0.1) is 0 Å². The Balaban J connectivity index is 1.19. The van der Waals surface area contributed by atoms with Crippen molar-refractivity contribution in [1.29, 1.82) is 0 Å². The molecule has 3 N–H and O–H groups in total. The summed E-state index contributed by atoms with van der Waals surface area (Å²) in [5.41, 5.74) is 0.937. The number of halogens is 2. The smallest absolute Gasteiger partial charge is 0.262 e. The van der Waals surface area contributed by atoms with E-state index >= 15 is 0 Å². The van der Waals surface area contributed by atoms with Crippen molar-refractivity contribution >= 4 is 40.7 Å². The summed E-state index contributed by atoms with van der Waals surface area (Å²) in [7, 11) is 0. The number of piperidine rings is 1. The summed E-state index contributed by atoms with van der Waals surface area (Å²) in [5, 5.41) is 16.8. The highest BCUT2D eigenvalue weighted by molar-refractivity contribution is 6.42. The molecule has 0 saturated carbocycles. The average Bonchev–Trinajstić information content (AvgIpc) is 2.81. The van der Waals surface area contributed by atoms with Gasteiger partial charge in [-0.3, -0.25) is 9.59 Å². The van der Waals surface area contributed by atoms with Crippen molar-refractivity contribution in [1.82, 2.24) is 10.2 Å². The van der Waals surface area contributed by atoms with Gasteiger partial charge in [-0.05, 0) is 43.2 Å². The zero-order valence-corrected chi connectivity index (χ0v) is 19.4. The van der Waals surface area contributed by atoms with Crippen LogP contribution in [0, 0.1) is 0 Å². The lowest BCUT2D eigenvalue weighted by molar-refractivity contribution is -0.118. The molecule has 1 fully saturated rings. The fraction of sp³-hybridized carbons (Fsp3) is 0.391. The number of amides is 2. The third kappa shape index (κ3) is 6.29. The molecule has 0 aliphatic carbocycles. The lowest BCUT2D eigenvalue weighted by Crippen LogP contribution is -2.45. The molecular weight excluding hydrogens is 469 g/mol. The molecule has 8 nitrogen and oxygen atoms in total. The van der Waals surface area contributed by atoms with Crippen LogP contribution >= 0.6 is 23.2 Å². The number of nitrogens with zero attached hydrogens (tertiary/aromatic N) is 1. The highest BCUT2D eigenvalue weighted by Gasteiger charge is 2.23. The lowest BCUT2D eigenvalue weighted by atomic mass is 10.1. The molecule has 1 atom stereocenters. The predicted octanol–water partition coefficient (Wildman–Crippen LogP) is 2.96. The van der Waals surface area contributed by atoms with Gasteiger partial charge >= 0.3 is 0 Å². The number of β-amino-alcohol motifs (C(OH)–C–C–N with tert-alkyl or cyclic N) is 1. The maximum Gasteiger partial charge on any atom is 0.262 e. The second kappa shape index (κ2) is 10.6. The predicted molar refractivity (Wildman–Crippen MR) is 125 cm³/mol. The fourth-order valence-electron chi connectivity index (χ4n) is 3.84. The summed E-state index contributed by atoms with van der Waals surface area (Å²) in [6, 6.07) is 10.0. The molecule has 2 aliphatic rings. The number of nitrogens with one attached hydrogen (secondary N) is 2. The topological polar surface area (TPSA) is 100 Å². The molecule has 2 aromatic carbocycles. The maximum absolute atomic E-state index is 12.4. The minimum atomic E-state index is -0.699. The highest BCUT2D eigenvalue weighted by Crippen LogP contribution is 2.29. The van der Waals surface area contributed by atoms with Gasteiger partial charge in [0.2, 0.25) is 0 Å². The number of benzene rings is 2. The first-order valence-electron chi connectivity index (χ1n) is 10.7. The average molecular weight is 494 g/mol. The van der Waals surface area contributed by atoms with E-state index in [1.165, 1.54) is 0 Å². The zero-order chi connectivity index (χ0) is 23.4. The van der Waals surface area contributed by atoms with Crippen LogP contribution in [0.5, 0.6) is 11.5 Å². The van der Waals surface area contributed by atoms with E-state index in [9.17, 15) is 14.7 Å². The summed E-state index contributed by atoms with van der Waals surface area (Å²) < 4.78 is 11.3. The van der Waals surface area contributed by atoms with Gasteiger partial charge < -0.3 is 30.1 Å². The lowest BCUT2D eigenvalue weighted by Gasteiger charge is -2.33. The van der Waals surface area contributed by atoms with Crippen molar-refractivity contribution in [3.8, 4) is 11.5 Å². The Bertz CT molecular complexity index is 1030. The van der Waals surface area contributed by atoms with Gasteiger partial charge in [-0.1, -0.05) is 23.2 Å². The number of carbonyl (C=O) groups is 2. The Kier molecular flexibility index (Phi) is 7.60. The molecule has 1 saturated heterocycles. The molecule has 2 heterocycles. The third-order valence-corrected chi connectivity index (χ3v) is 6.31. The van der Waals surface area contributed by atoms with Crippen molar-refractivity contribution in [3.05, 3.63) is 52.0 Å². The maximum atomic E-state index is 12.4. The van der Waals surface area contributed by atoms with E-state index in [1.807, 2.05) is 0 Å². The number of carbonyl (C=O) groups excluding carboxylic acids is 2. The third-order valence-electron chi connectivity index (χ3n) is 5.57. The second-order valence-corrected chi connectivity index (χ2v) is 8.92. The molecule has 0 spiro atoms. The number of hydrogen-bond donors (Lipinski definition) is 3. The Hall–Kier alpha value is -2.52. The molecule has 0 radical (unpaired) electrons. The van der Waals surface area contributed by atoms with Crippen LogP contribution in [-0.2, 0) is 4.79 Å². The molecule has 0 aromatic heterocycles. The summed E-state index contributed by atoms with van der Waals surface area (Å²) in [6.07, 6.45) is 1.02. The first-order valence-corrected chi connectivity index (χ1v) is 11.5. The van der Waals surface area contributed by atoms with Gasteiger partial charge in [-0.25, -0.2) is 0 Å². The number of aliphatic hydroxyl groups excluding tert-OH is 1. The van der Waals surface area contributed by atoms with E-state index in [2.05, 4.69) is 15.5 Å². The Morgan fingerprint density at radius 2 is 2.00 bits per heavy atom. The highest BCUT2D eigenvalue weighted by atomic mass is 35.5. The Morgan fingerprint density at radius 1 is 1.21 bits per heavy atom. The van der Waals surface area contributed by atoms with Gasteiger partial charge in [0.1, 0.15) is 17.6 Å². The van der Waals surface area contributed by atoms with Gasteiger partial charge in [0.05, 0.1) is 21.8 Å². The molecule has 2 aliphatic heterocycles. The number of hydrogen-bond acceptors (Lipinski definition) is 6. The van der Waals surface area contributed by atoms with Crippen LogP contribution in [-0.4, -0.2) is 66.8 Å². The van der Waals surface area contributed by atoms with Crippen LogP contribution in [0.1, 0.15) is 23.2 Å². The largest absolute Gasteiger partial charge is 0.490 e. The minimum absolute atomic E-state index is 0.0753. The SMILES string of the molecule is O=C1COc2cc(C(=O)NC[C@@H](O)CN3CCC(Oc4ccc(Cl)c(Cl)c4)CC3)ccc2N1. The molecule has 0 unspecified atom stereocenters. The number of ether oxygens (including phenoxy) is 2. The molecule has 176 valence electrons. The van der Waals surface area contributed by atoms with Crippen LogP contribution in [0.15, 0.2) is 36.4 Å². The molecular formula is C23H25Cl2N3O5. The second-order valence-electron chi connectivity index (χ2n) is 8.11. The Morgan fingerprint density at radius 3 is 2.76 bits per heavy atom. The number of aliphatic hydroxyl groups is 1. The summed E-state index contributed by atoms with van der Waals surface area (Å²) in [4.78, 5) is 25.9. The van der Waals surface area contributed by atoms with E-state index in [4.69, 9.17) is 32.7 Å². The van der Waals surface area contributed by atoms with Gasteiger partial charge in [0.15, 0.2) is 6.61 Å². The van der Waals surface area contributed by atoms with Crippen LogP contribution in [0.2, 0.25) is 10.0 Å². The normalized spacial score (nSPS) is 17.5. The monoisotopic (exact) mass is 493 g/mol. The van der Waals surface area contributed by atoms with Crippen molar-refractivity contribution < 1.29 is 24.2 Å². The van der Waals surface area contributed by atoms with Crippen molar-refractivity contribution in [2.45, 2.75) is 25.0 Å². The van der Waals surface area contributed by atoms with Crippen molar-refractivity contribution in [3.63, 3.8) is 0 Å². The molecule has 33 heavy (non-hydrogen) atoms. The number of rotatable bonds is 7. The van der Waals surface area contributed by atoms with Crippen molar-refractivity contribution in [2.24, 2.45) is 0 Å². The first kappa shape index (κ1) is 23.6. The molecule has 10 heteroatoms. The van der Waals surface area contributed by atoms with E-state index in [-0.39, 0.29) is 31.1 Å². The van der Waals surface area contributed by atoms with Crippen LogP contribution < -0.4 is 20.1 Å². The Labute approximate surface area is 201 Å². The molecule has 4 rings (SSSR count). The van der Waals surface area contributed by atoms with Gasteiger partial charge in [0, 0.05) is 37.8 Å². The van der Waals surface area contributed by atoms with Gasteiger partial charge in [-0.2, -0.15) is 0 Å². The molecule has 2 aromatic rings. The fourth-order valence-corrected chi connectivity index (χ4v) is 4.13. The van der Waals surface area contributed by atoms with E-state index in [1.54, 1.807) is 36.4 Å². The van der Waals surface area contributed by atoms with E-state index in [0.29, 0.717) is 39.3 Å². The number of fused-ring (bicyclic) bond motifs is 1. The van der Waals surface area contributed by atoms with E-state index < -0.39 is 6.10 Å². The van der Waals surface area contributed by atoms with Crippen molar-refractivity contribution in [2.75, 3.05) is 38.1 Å². The minimum Gasteiger partial charge on any atom is -0.490 e. The summed E-state index contributed by atoms with van der Waals surface area (Å²) >= 11 is 12.0. The standard InChI is InChI=1S/C23H25Cl2N3O5/c24-18-3-2-17(10-19(18)25)33-16-5-7-28(8-6-16)12-15(29)11-26-23(31)14-1-4-20-21(9-14)32-13-22(30)27-20/h1-4,9-10,15-16,29H,5-8,11-13H2,(H,26,31)(H,27,30)/t15-/m1/s1. The molecule has 2 amide bonds. The quantitative estimate of drug-likeness (QED) is 0.548. The van der Waals surface area contributed by atoms with Crippen LogP contribution in [0.3, 0.4) is 0 Å². The van der Waals surface area contributed by atoms with Gasteiger partial charge in [0.25, 0.3) is 11.8 Å². The summed E-state index contributed by atoms with van der Waals surface area (Å²) in [5.74, 6) is 0.605. The summed E-state index contributed by atoms with van der Waals surface area (Å²) in [6.45, 7) is 2.08. The number of likely N-dealkylation sites (tertiary alicyclic amines) is 1. The molecule has 0 bridgehead atoms. The van der Waals surface area contributed by atoms with Crippen LogP contribution in [0.4, 0.5) is 5.69 Å². The van der Waals surface area contributed by atoms with E-state index in [0.717, 1.165) is 25.9 Å². The zero-order valence-electron chi connectivity index (χ0n) is 17.9. The number of anilines is 1. The van der Waals surface area contributed by atoms with Crippen LogP contribution in [0.25, 0.3) is 0 Å².